The summed E-state index contributed by atoms with van der Waals surface area (Å²) in [6.07, 6.45) is 1.78. The topological polar surface area (TPSA) is 88.1 Å². The first kappa shape index (κ1) is 24.8. The Bertz CT molecular complexity index is 1300. The van der Waals surface area contributed by atoms with E-state index in [1.807, 2.05) is 49.0 Å². The third kappa shape index (κ3) is 6.23. The Kier molecular flexibility index (Phi) is 7.77. The lowest BCUT2D eigenvalue weighted by Crippen LogP contribution is -2.40. The third-order valence-electron chi connectivity index (χ3n) is 5.47. The van der Waals surface area contributed by atoms with E-state index in [9.17, 15) is 13.2 Å². The molecule has 1 aliphatic heterocycles. The Balaban J connectivity index is 1.46. The van der Waals surface area contributed by atoms with Gasteiger partial charge in [0.1, 0.15) is 18.4 Å². The van der Waals surface area contributed by atoms with E-state index in [1.165, 1.54) is 6.21 Å². The van der Waals surface area contributed by atoms with Crippen molar-refractivity contribution in [1.29, 1.82) is 0 Å². The number of ether oxygens (including phenoxy) is 1. The Hall–Kier alpha value is -3.30. The van der Waals surface area contributed by atoms with Gasteiger partial charge in [0, 0.05) is 11.5 Å². The highest BCUT2D eigenvalue weighted by Gasteiger charge is 2.28. The van der Waals surface area contributed by atoms with Crippen LogP contribution in [0.1, 0.15) is 16.7 Å². The normalized spacial score (nSPS) is 13.9. The number of thioether (sulfide) groups is 1. The number of nitrogens with one attached hydrogen (secondary N) is 1. The van der Waals surface area contributed by atoms with Gasteiger partial charge in [0.2, 0.25) is 0 Å². The molecular formula is C26H27N3O4S2. The first-order valence-corrected chi connectivity index (χ1v) is 13.7. The molecule has 0 atom stereocenters. The quantitative estimate of drug-likeness (QED) is 0.346. The predicted octanol–water partition coefficient (Wildman–Crippen LogP) is 4.14. The van der Waals surface area contributed by atoms with Crippen molar-refractivity contribution in [3.8, 4) is 5.75 Å². The van der Waals surface area contributed by atoms with Crippen LogP contribution in [0.4, 0.5) is 5.69 Å². The largest absolute Gasteiger partial charge is 0.489 e. The van der Waals surface area contributed by atoms with Crippen molar-refractivity contribution in [3.05, 3.63) is 89.5 Å². The summed E-state index contributed by atoms with van der Waals surface area (Å²) in [4.78, 5) is 12.8. The highest BCUT2D eigenvalue weighted by atomic mass is 32.2. The molecule has 1 N–H and O–H groups in total. The fourth-order valence-electron chi connectivity index (χ4n) is 3.43. The smallest absolute Gasteiger partial charge is 0.264 e. The van der Waals surface area contributed by atoms with Crippen LogP contribution < -0.4 is 14.5 Å². The minimum absolute atomic E-state index is 0.116. The molecule has 9 heteroatoms. The van der Waals surface area contributed by atoms with Crippen LogP contribution in [0.5, 0.6) is 5.75 Å². The molecule has 182 valence electrons. The summed E-state index contributed by atoms with van der Waals surface area (Å²) >= 11 is 1.86. The van der Waals surface area contributed by atoms with Gasteiger partial charge < -0.3 is 4.74 Å². The first-order chi connectivity index (χ1) is 16.8. The Morgan fingerprint density at radius 2 is 1.74 bits per heavy atom. The van der Waals surface area contributed by atoms with Crippen molar-refractivity contribution in [1.82, 2.24) is 5.43 Å². The lowest BCUT2D eigenvalue weighted by Gasteiger charge is -2.25. The molecule has 0 aliphatic carbocycles. The van der Waals surface area contributed by atoms with E-state index in [-0.39, 0.29) is 11.0 Å². The van der Waals surface area contributed by atoms with Gasteiger partial charge in [-0.2, -0.15) is 16.9 Å². The van der Waals surface area contributed by atoms with Crippen LogP contribution in [0.3, 0.4) is 0 Å². The fourth-order valence-corrected chi connectivity index (χ4v) is 5.48. The molecular weight excluding hydrogens is 482 g/mol. The van der Waals surface area contributed by atoms with Gasteiger partial charge in [0.15, 0.2) is 0 Å². The number of rotatable bonds is 9. The highest BCUT2D eigenvalue weighted by molar-refractivity contribution is 8.00. The molecule has 1 heterocycles. The zero-order valence-corrected chi connectivity index (χ0v) is 21.2. The minimum atomic E-state index is -3.97. The van der Waals surface area contributed by atoms with E-state index in [0.717, 1.165) is 38.3 Å². The van der Waals surface area contributed by atoms with Crippen molar-refractivity contribution < 1.29 is 17.9 Å². The van der Waals surface area contributed by atoms with Gasteiger partial charge in [-0.3, -0.25) is 9.10 Å². The van der Waals surface area contributed by atoms with Gasteiger partial charge >= 0.3 is 0 Å². The molecule has 0 spiro atoms. The molecule has 0 bridgehead atoms. The summed E-state index contributed by atoms with van der Waals surface area (Å²) in [6, 6.07) is 21.0. The molecule has 4 rings (SSSR count). The van der Waals surface area contributed by atoms with Gasteiger partial charge in [-0.05, 0) is 67.4 Å². The maximum atomic E-state index is 13.5. The van der Waals surface area contributed by atoms with Gasteiger partial charge in [-0.1, -0.05) is 35.9 Å². The van der Waals surface area contributed by atoms with Crippen molar-refractivity contribution in [3.63, 3.8) is 0 Å². The number of amides is 1. The molecule has 1 fully saturated rings. The number of carbonyl (C=O) groups is 1. The predicted molar refractivity (Wildman–Crippen MR) is 141 cm³/mol. The number of benzene rings is 3. The SMILES string of the molecule is Cc1ccc(S(=O)(=O)N(CC(=O)N/N=C/c2ccc(OC3CSC3)cc2)c2ccccc2C)cc1. The number of anilines is 1. The number of hydrogen-bond acceptors (Lipinski definition) is 6. The summed E-state index contributed by atoms with van der Waals surface area (Å²) in [5, 5.41) is 4.00. The van der Waals surface area contributed by atoms with Crippen LogP contribution in [0.15, 0.2) is 82.8 Å². The molecule has 1 saturated heterocycles. The van der Waals surface area contributed by atoms with Gasteiger partial charge in [-0.15, -0.1) is 0 Å². The molecule has 1 aliphatic rings. The van der Waals surface area contributed by atoms with Crippen molar-refractivity contribution in [2.45, 2.75) is 24.8 Å². The van der Waals surface area contributed by atoms with Gasteiger partial charge in [0.25, 0.3) is 15.9 Å². The second kappa shape index (κ2) is 11.0. The van der Waals surface area contributed by atoms with Crippen LogP contribution in [0.2, 0.25) is 0 Å². The summed E-state index contributed by atoms with van der Waals surface area (Å²) in [7, 11) is -3.97. The summed E-state index contributed by atoms with van der Waals surface area (Å²) in [5.41, 5.74) is 5.34. The highest BCUT2D eigenvalue weighted by Crippen LogP contribution is 2.27. The second-order valence-corrected chi connectivity index (χ2v) is 11.2. The summed E-state index contributed by atoms with van der Waals surface area (Å²) in [5.74, 6) is 2.26. The van der Waals surface area contributed by atoms with Crippen LogP contribution >= 0.6 is 11.8 Å². The lowest BCUT2D eigenvalue weighted by atomic mass is 10.2. The first-order valence-electron chi connectivity index (χ1n) is 11.1. The molecule has 0 saturated carbocycles. The van der Waals surface area contributed by atoms with Crippen molar-refractivity contribution in [2.24, 2.45) is 5.10 Å². The third-order valence-corrected chi connectivity index (χ3v) is 8.46. The standard InChI is InChI=1S/C26H27N3O4S2/c1-19-7-13-24(14-8-19)35(31,32)29(25-6-4-3-5-20(25)2)16-26(30)28-27-15-21-9-11-22(12-10-21)33-23-17-34-18-23/h3-15,23H,16-18H2,1-2H3,(H,28,30)/b27-15+. The number of nitrogens with zero attached hydrogens (tertiary/aromatic N) is 2. The molecule has 7 nitrogen and oxygen atoms in total. The zero-order chi connectivity index (χ0) is 24.8. The molecule has 0 unspecified atom stereocenters. The monoisotopic (exact) mass is 509 g/mol. The molecule has 3 aromatic carbocycles. The van der Waals surface area contributed by atoms with Crippen LogP contribution in [0, 0.1) is 13.8 Å². The number of carbonyl (C=O) groups excluding carboxylic acids is 1. The molecule has 3 aromatic rings. The van der Waals surface area contributed by atoms with E-state index in [0.29, 0.717) is 5.69 Å². The number of aryl methyl sites for hydroxylation is 2. The Morgan fingerprint density at radius 3 is 2.37 bits per heavy atom. The van der Waals surface area contributed by atoms with Crippen LogP contribution in [-0.4, -0.2) is 44.7 Å². The Morgan fingerprint density at radius 1 is 1.06 bits per heavy atom. The summed E-state index contributed by atoms with van der Waals surface area (Å²) < 4.78 is 33.8. The van der Waals surface area contributed by atoms with Crippen LogP contribution in [-0.2, 0) is 14.8 Å². The van der Waals surface area contributed by atoms with Gasteiger partial charge in [-0.25, -0.2) is 13.8 Å². The molecule has 0 aromatic heterocycles. The van der Waals surface area contributed by atoms with E-state index >= 15 is 0 Å². The molecule has 35 heavy (non-hydrogen) atoms. The number of hydrazone groups is 1. The van der Waals surface area contributed by atoms with Crippen molar-refractivity contribution >= 4 is 39.6 Å². The van der Waals surface area contributed by atoms with Gasteiger partial charge in [0.05, 0.1) is 16.8 Å². The number of hydrogen-bond donors (Lipinski definition) is 1. The maximum Gasteiger partial charge on any atom is 0.264 e. The average Bonchev–Trinajstić information content (AvgIpc) is 2.81. The minimum Gasteiger partial charge on any atom is -0.489 e. The molecule has 0 radical (unpaired) electrons. The maximum absolute atomic E-state index is 13.5. The van der Waals surface area contributed by atoms with Crippen molar-refractivity contribution in [2.75, 3.05) is 22.4 Å². The van der Waals surface area contributed by atoms with E-state index < -0.39 is 22.5 Å². The summed E-state index contributed by atoms with van der Waals surface area (Å²) in [6.45, 7) is 3.28. The number of sulfonamides is 1. The zero-order valence-electron chi connectivity index (χ0n) is 19.5. The van der Waals surface area contributed by atoms with E-state index in [2.05, 4.69) is 10.5 Å². The fraction of sp³-hybridized carbons (Fsp3) is 0.231. The van der Waals surface area contributed by atoms with Crippen LogP contribution in [0.25, 0.3) is 0 Å². The Labute approximate surface area is 210 Å². The lowest BCUT2D eigenvalue weighted by molar-refractivity contribution is -0.119. The average molecular weight is 510 g/mol. The van der Waals surface area contributed by atoms with E-state index in [1.54, 1.807) is 49.4 Å². The second-order valence-electron chi connectivity index (χ2n) is 8.25. The number of para-hydroxylation sites is 1. The molecule has 1 amide bonds. The van der Waals surface area contributed by atoms with E-state index in [4.69, 9.17) is 4.74 Å².